The van der Waals surface area contributed by atoms with E-state index in [0.717, 1.165) is 24.2 Å². The number of carbonyl (C=O) groups excluding carboxylic acids is 1. The molecule has 0 aliphatic carbocycles. The number of aromatic carboxylic acids is 1. The number of aromatic nitrogens is 1. The van der Waals surface area contributed by atoms with Gasteiger partial charge in [-0.25, -0.2) is 18.2 Å². The van der Waals surface area contributed by atoms with Crippen LogP contribution in [0.2, 0.25) is 0 Å². The number of nitrogens with zero attached hydrogens (tertiary/aromatic N) is 1. The molecule has 0 unspecified atom stereocenters. The van der Waals surface area contributed by atoms with Crippen molar-refractivity contribution in [3.05, 3.63) is 16.1 Å². The van der Waals surface area contributed by atoms with Crippen molar-refractivity contribution in [3.63, 3.8) is 0 Å². The lowest BCUT2D eigenvalue weighted by molar-refractivity contribution is -0.118. The fraction of sp³-hybridized carbons (Fsp3) is 0.583. The quantitative estimate of drug-likeness (QED) is 0.653. The van der Waals surface area contributed by atoms with Crippen molar-refractivity contribution < 1.29 is 23.1 Å². The van der Waals surface area contributed by atoms with Gasteiger partial charge in [-0.1, -0.05) is 19.8 Å². The van der Waals surface area contributed by atoms with Crippen molar-refractivity contribution in [1.82, 2.24) is 10.3 Å². The average molecular weight is 334 g/mol. The first kappa shape index (κ1) is 17.6. The van der Waals surface area contributed by atoms with Gasteiger partial charge in [0.25, 0.3) is 0 Å². The van der Waals surface area contributed by atoms with Crippen molar-refractivity contribution in [2.75, 3.05) is 11.5 Å². The molecule has 118 valence electrons. The minimum absolute atomic E-state index is 0.00861. The van der Waals surface area contributed by atoms with E-state index in [1.807, 2.05) is 6.92 Å². The molecule has 1 heterocycles. The fourth-order valence-electron chi connectivity index (χ4n) is 1.56. The molecule has 1 aromatic rings. The van der Waals surface area contributed by atoms with Gasteiger partial charge in [-0.3, -0.25) is 4.79 Å². The molecule has 21 heavy (non-hydrogen) atoms. The topological polar surface area (TPSA) is 113 Å². The van der Waals surface area contributed by atoms with Crippen LogP contribution in [-0.2, 0) is 21.2 Å². The Labute approximate surface area is 127 Å². The maximum Gasteiger partial charge on any atom is 0.355 e. The number of thiazole rings is 1. The maximum absolute atomic E-state index is 11.7. The van der Waals surface area contributed by atoms with E-state index in [0.29, 0.717) is 11.4 Å². The first-order valence-electron chi connectivity index (χ1n) is 6.49. The van der Waals surface area contributed by atoms with Gasteiger partial charge in [0.15, 0.2) is 15.5 Å². The molecule has 0 radical (unpaired) electrons. The van der Waals surface area contributed by atoms with Crippen LogP contribution in [0.15, 0.2) is 5.38 Å². The minimum atomic E-state index is -3.39. The summed E-state index contributed by atoms with van der Waals surface area (Å²) in [5, 5.41) is 12.9. The summed E-state index contributed by atoms with van der Waals surface area (Å²) >= 11 is 1.10. The molecule has 0 atom stereocenters. The number of carbonyl (C=O) groups is 2. The highest BCUT2D eigenvalue weighted by Crippen LogP contribution is 2.09. The molecule has 1 aromatic heterocycles. The zero-order valence-corrected chi connectivity index (χ0v) is 13.3. The number of carboxylic acid groups (broad SMARTS) is 1. The standard InChI is InChI=1S/C12H18N2O5S2/c1-2-3-4-5-21(18,19)8-10(15)13-6-11-14-9(7-20-11)12(16)17/h7H,2-6,8H2,1H3,(H,13,15)(H,16,17). The van der Waals surface area contributed by atoms with Crippen molar-refractivity contribution in [1.29, 1.82) is 0 Å². The van der Waals surface area contributed by atoms with Crippen LogP contribution in [0.3, 0.4) is 0 Å². The summed E-state index contributed by atoms with van der Waals surface area (Å²) in [4.78, 5) is 26.0. The third-order valence-electron chi connectivity index (χ3n) is 2.62. The van der Waals surface area contributed by atoms with Gasteiger partial charge in [0, 0.05) is 5.38 Å². The van der Waals surface area contributed by atoms with Crippen LogP contribution in [0.5, 0.6) is 0 Å². The van der Waals surface area contributed by atoms with Crippen LogP contribution in [0.25, 0.3) is 0 Å². The number of nitrogens with one attached hydrogen (secondary N) is 1. The van der Waals surface area contributed by atoms with Gasteiger partial charge >= 0.3 is 5.97 Å². The maximum atomic E-state index is 11.7. The molecule has 0 bridgehead atoms. The van der Waals surface area contributed by atoms with Crippen molar-refractivity contribution in [3.8, 4) is 0 Å². The molecule has 0 saturated heterocycles. The first-order chi connectivity index (χ1) is 9.84. The lowest BCUT2D eigenvalue weighted by Crippen LogP contribution is -2.30. The molecule has 7 nitrogen and oxygen atoms in total. The number of sulfone groups is 1. The van der Waals surface area contributed by atoms with E-state index >= 15 is 0 Å². The summed E-state index contributed by atoms with van der Waals surface area (Å²) in [5.74, 6) is -2.27. The Bertz CT molecular complexity index is 595. The number of amides is 1. The second-order valence-electron chi connectivity index (χ2n) is 4.51. The Morgan fingerprint density at radius 2 is 2.10 bits per heavy atom. The highest BCUT2D eigenvalue weighted by atomic mass is 32.2. The smallest absolute Gasteiger partial charge is 0.355 e. The SMILES string of the molecule is CCCCCS(=O)(=O)CC(=O)NCc1nc(C(=O)O)cs1. The lowest BCUT2D eigenvalue weighted by atomic mass is 10.3. The van der Waals surface area contributed by atoms with E-state index in [4.69, 9.17) is 5.11 Å². The molecule has 0 saturated carbocycles. The van der Waals surface area contributed by atoms with E-state index in [9.17, 15) is 18.0 Å². The summed E-state index contributed by atoms with van der Waals surface area (Å²) in [6.07, 6.45) is 2.29. The number of unbranched alkanes of at least 4 members (excludes halogenated alkanes) is 2. The second-order valence-corrected chi connectivity index (χ2v) is 7.63. The van der Waals surface area contributed by atoms with Crippen molar-refractivity contribution >= 4 is 33.1 Å². The molecular formula is C12H18N2O5S2. The van der Waals surface area contributed by atoms with Crippen molar-refractivity contribution in [2.45, 2.75) is 32.7 Å². The summed E-state index contributed by atoms with van der Waals surface area (Å²) < 4.78 is 23.3. The largest absolute Gasteiger partial charge is 0.476 e. The van der Waals surface area contributed by atoms with Gasteiger partial charge in [-0.05, 0) is 6.42 Å². The van der Waals surface area contributed by atoms with E-state index in [-0.39, 0.29) is 18.0 Å². The Hall–Kier alpha value is -1.48. The Morgan fingerprint density at radius 3 is 2.67 bits per heavy atom. The van der Waals surface area contributed by atoms with E-state index in [2.05, 4.69) is 10.3 Å². The Balaban J connectivity index is 2.41. The van der Waals surface area contributed by atoms with Gasteiger partial charge in [-0.15, -0.1) is 11.3 Å². The van der Waals surface area contributed by atoms with Gasteiger partial charge in [0.05, 0.1) is 12.3 Å². The van der Waals surface area contributed by atoms with Crippen LogP contribution in [0.4, 0.5) is 0 Å². The van der Waals surface area contributed by atoms with Crippen LogP contribution in [-0.4, -0.2) is 41.9 Å². The molecule has 0 aliphatic heterocycles. The summed E-state index contributed by atoms with van der Waals surface area (Å²) in [7, 11) is -3.39. The normalized spacial score (nSPS) is 11.3. The predicted octanol–water partition coefficient (Wildman–Crippen LogP) is 1.06. The highest BCUT2D eigenvalue weighted by molar-refractivity contribution is 7.92. The number of carboxylic acids is 1. The molecule has 1 amide bonds. The third kappa shape index (κ3) is 6.67. The fourth-order valence-corrected chi connectivity index (χ4v) is 3.56. The molecule has 0 aliphatic rings. The Kier molecular flexibility index (Phi) is 6.76. The molecule has 2 N–H and O–H groups in total. The van der Waals surface area contributed by atoms with Crippen LogP contribution >= 0.6 is 11.3 Å². The molecule has 0 fully saturated rings. The Morgan fingerprint density at radius 1 is 1.38 bits per heavy atom. The molecular weight excluding hydrogens is 316 g/mol. The van der Waals surface area contributed by atoms with E-state index < -0.39 is 27.5 Å². The molecule has 0 aromatic carbocycles. The van der Waals surface area contributed by atoms with Crippen LogP contribution < -0.4 is 5.32 Å². The third-order valence-corrected chi connectivity index (χ3v) is 5.08. The summed E-state index contributed by atoms with van der Waals surface area (Å²) in [5.41, 5.74) is -0.0866. The summed E-state index contributed by atoms with van der Waals surface area (Å²) in [6.45, 7) is 2.00. The molecule has 9 heteroatoms. The lowest BCUT2D eigenvalue weighted by Gasteiger charge is -2.04. The van der Waals surface area contributed by atoms with Gasteiger partial charge in [-0.2, -0.15) is 0 Å². The monoisotopic (exact) mass is 334 g/mol. The van der Waals surface area contributed by atoms with Gasteiger partial charge < -0.3 is 10.4 Å². The second kappa shape index (κ2) is 8.08. The number of hydrogen-bond acceptors (Lipinski definition) is 6. The number of hydrogen-bond donors (Lipinski definition) is 2. The minimum Gasteiger partial charge on any atom is -0.476 e. The highest BCUT2D eigenvalue weighted by Gasteiger charge is 2.16. The van der Waals surface area contributed by atoms with Crippen molar-refractivity contribution in [2.24, 2.45) is 0 Å². The molecule has 0 spiro atoms. The number of rotatable bonds is 9. The van der Waals surface area contributed by atoms with Crippen LogP contribution in [0.1, 0.15) is 41.7 Å². The summed E-state index contributed by atoms with van der Waals surface area (Å²) in [6, 6.07) is 0. The van der Waals surface area contributed by atoms with Crippen LogP contribution in [0, 0.1) is 0 Å². The zero-order valence-electron chi connectivity index (χ0n) is 11.7. The predicted molar refractivity (Wildman–Crippen MR) is 79.1 cm³/mol. The van der Waals surface area contributed by atoms with E-state index in [1.54, 1.807) is 0 Å². The van der Waals surface area contributed by atoms with Gasteiger partial charge in [0.2, 0.25) is 5.91 Å². The van der Waals surface area contributed by atoms with Gasteiger partial charge in [0.1, 0.15) is 10.8 Å². The molecule has 1 rings (SSSR count). The average Bonchev–Trinajstić information content (AvgIpc) is 2.85. The van der Waals surface area contributed by atoms with E-state index in [1.165, 1.54) is 5.38 Å². The zero-order chi connectivity index (χ0) is 15.9. The first-order valence-corrected chi connectivity index (χ1v) is 9.19.